The quantitative estimate of drug-likeness (QED) is 0.752. The molecule has 0 radical (unpaired) electrons. The molecule has 4 heteroatoms. The van der Waals surface area contributed by atoms with Gasteiger partial charge in [-0.2, -0.15) is 0 Å². The van der Waals surface area contributed by atoms with Crippen LogP contribution >= 0.6 is 11.6 Å². The van der Waals surface area contributed by atoms with Crippen molar-refractivity contribution in [2.45, 2.75) is 39.3 Å². The molecule has 1 fully saturated rings. The number of ether oxygens (including phenoxy) is 1. The van der Waals surface area contributed by atoms with Gasteiger partial charge in [0.1, 0.15) is 5.75 Å². The summed E-state index contributed by atoms with van der Waals surface area (Å²) in [7, 11) is 1.65. The van der Waals surface area contributed by atoms with Crippen LogP contribution in [0.4, 0.5) is 0 Å². The Bertz CT molecular complexity index is 466. The second-order valence-electron chi connectivity index (χ2n) is 6.03. The highest BCUT2D eigenvalue weighted by molar-refractivity contribution is 6.19. The number of carbonyl (C=O) groups is 1. The van der Waals surface area contributed by atoms with Gasteiger partial charge in [-0.1, -0.05) is 12.1 Å². The molecule has 0 saturated heterocycles. The highest BCUT2D eigenvalue weighted by Crippen LogP contribution is 2.33. The van der Waals surface area contributed by atoms with Crippen molar-refractivity contribution in [2.75, 3.05) is 13.0 Å². The third kappa shape index (κ3) is 3.45. The van der Waals surface area contributed by atoms with Crippen molar-refractivity contribution < 1.29 is 9.53 Å². The van der Waals surface area contributed by atoms with Crippen LogP contribution in [0, 0.1) is 5.41 Å². The molecule has 1 saturated carbocycles. The number of nitrogens with zero attached hydrogens (tertiary/aromatic N) is 1. The van der Waals surface area contributed by atoms with Crippen LogP contribution in [0.3, 0.4) is 0 Å². The van der Waals surface area contributed by atoms with Crippen LogP contribution in [0.25, 0.3) is 0 Å². The second kappa shape index (κ2) is 6.04. The maximum atomic E-state index is 12.6. The summed E-state index contributed by atoms with van der Waals surface area (Å²) in [5.41, 5.74) is 0.618. The van der Waals surface area contributed by atoms with E-state index in [1.807, 2.05) is 43.0 Å². The van der Waals surface area contributed by atoms with Gasteiger partial charge >= 0.3 is 0 Å². The number of alkyl halides is 1. The van der Waals surface area contributed by atoms with Gasteiger partial charge in [0.05, 0.1) is 12.5 Å². The molecule has 0 atom stereocenters. The van der Waals surface area contributed by atoms with Crippen LogP contribution in [0.1, 0.15) is 32.3 Å². The summed E-state index contributed by atoms with van der Waals surface area (Å²) >= 11 is 5.94. The summed E-state index contributed by atoms with van der Waals surface area (Å²) in [6.45, 7) is 4.46. The summed E-state index contributed by atoms with van der Waals surface area (Å²) in [5, 5.41) is 0. The molecular weight excluding hydrogens is 274 g/mol. The predicted molar refractivity (Wildman–Crippen MR) is 81.1 cm³/mol. The van der Waals surface area contributed by atoms with E-state index < -0.39 is 5.41 Å². The Morgan fingerprint density at radius 3 is 2.40 bits per heavy atom. The lowest BCUT2D eigenvalue weighted by Crippen LogP contribution is -2.42. The summed E-state index contributed by atoms with van der Waals surface area (Å²) in [6, 6.07) is 8.26. The van der Waals surface area contributed by atoms with Crippen molar-refractivity contribution in [3.05, 3.63) is 29.8 Å². The van der Waals surface area contributed by atoms with Crippen molar-refractivity contribution in [3.63, 3.8) is 0 Å². The number of amides is 1. The molecule has 0 N–H and O–H groups in total. The lowest BCUT2D eigenvalue weighted by molar-refractivity contribution is -0.140. The molecule has 1 amide bonds. The Hall–Kier alpha value is -1.22. The van der Waals surface area contributed by atoms with E-state index in [0.29, 0.717) is 18.5 Å². The Kier molecular flexibility index (Phi) is 4.59. The summed E-state index contributed by atoms with van der Waals surface area (Å²) in [4.78, 5) is 14.6. The minimum atomic E-state index is -0.503. The van der Waals surface area contributed by atoms with Crippen LogP contribution in [0.15, 0.2) is 24.3 Å². The fourth-order valence-electron chi connectivity index (χ4n) is 2.13. The van der Waals surface area contributed by atoms with Crippen molar-refractivity contribution in [3.8, 4) is 5.75 Å². The highest BCUT2D eigenvalue weighted by Gasteiger charge is 2.39. The second-order valence-corrected chi connectivity index (χ2v) is 6.30. The number of hydrogen-bond donors (Lipinski definition) is 0. The third-order valence-corrected chi connectivity index (χ3v) is 4.34. The van der Waals surface area contributed by atoms with E-state index in [4.69, 9.17) is 16.3 Å². The molecule has 3 nitrogen and oxygen atoms in total. The van der Waals surface area contributed by atoms with Gasteiger partial charge in [0, 0.05) is 18.5 Å². The molecule has 0 bridgehead atoms. The first kappa shape index (κ1) is 15.2. The van der Waals surface area contributed by atoms with E-state index in [-0.39, 0.29) is 5.91 Å². The first-order valence-corrected chi connectivity index (χ1v) is 7.51. The Morgan fingerprint density at radius 2 is 1.95 bits per heavy atom. The van der Waals surface area contributed by atoms with Gasteiger partial charge in [0.2, 0.25) is 5.91 Å². The number of hydrogen-bond acceptors (Lipinski definition) is 2. The minimum absolute atomic E-state index is 0.144. The zero-order valence-electron chi connectivity index (χ0n) is 12.4. The van der Waals surface area contributed by atoms with Gasteiger partial charge < -0.3 is 9.64 Å². The normalized spacial score (nSPS) is 15.0. The molecule has 1 aliphatic carbocycles. The monoisotopic (exact) mass is 295 g/mol. The summed E-state index contributed by atoms with van der Waals surface area (Å²) < 4.78 is 5.16. The van der Waals surface area contributed by atoms with Gasteiger partial charge in [0.15, 0.2) is 0 Å². The Morgan fingerprint density at radius 1 is 1.35 bits per heavy atom. The number of halogens is 1. The lowest BCUT2D eigenvalue weighted by Gasteiger charge is -2.31. The standard InChI is InChI=1S/C16H22ClNO2/c1-16(2,11-17)15(19)18(13-6-7-13)10-12-4-8-14(20-3)9-5-12/h4-5,8-9,13H,6-7,10-11H2,1-3H3. The van der Waals surface area contributed by atoms with Crippen molar-refractivity contribution >= 4 is 17.5 Å². The van der Waals surface area contributed by atoms with E-state index in [9.17, 15) is 4.79 Å². The molecule has 0 aromatic heterocycles. The van der Waals surface area contributed by atoms with Crippen LogP contribution in [-0.4, -0.2) is 29.8 Å². The average molecular weight is 296 g/mol. The van der Waals surface area contributed by atoms with Gasteiger partial charge in [-0.3, -0.25) is 4.79 Å². The fraction of sp³-hybridized carbons (Fsp3) is 0.562. The predicted octanol–water partition coefficient (Wildman–Crippen LogP) is 3.45. The number of methoxy groups -OCH3 is 1. The fourth-order valence-corrected chi connectivity index (χ4v) is 2.24. The zero-order valence-corrected chi connectivity index (χ0v) is 13.1. The topological polar surface area (TPSA) is 29.5 Å². The first-order valence-electron chi connectivity index (χ1n) is 6.98. The molecule has 110 valence electrons. The zero-order chi connectivity index (χ0) is 14.8. The maximum absolute atomic E-state index is 12.6. The van der Waals surface area contributed by atoms with E-state index in [1.54, 1.807) is 7.11 Å². The number of carbonyl (C=O) groups excluding carboxylic acids is 1. The van der Waals surface area contributed by atoms with Crippen molar-refractivity contribution in [1.29, 1.82) is 0 Å². The van der Waals surface area contributed by atoms with Crippen molar-refractivity contribution in [2.24, 2.45) is 5.41 Å². The molecule has 0 heterocycles. The molecule has 1 aromatic rings. The van der Waals surface area contributed by atoms with E-state index in [1.165, 1.54) is 0 Å². The smallest absolute Gasteiger partial charge is 0.229 e. The Labute approximate surface area is 125 Å². The number of benzene rings is 1. The first-order chi connectivity index (χ1) is 9.47. The largest absolute Gasteiger partial charge is 0.497 e. The number of rotatable bonds is 6. The van der Waals surface area contributed by atoms with E-state index >= 15 is 0 Å². The third-order valence-electron chi connectivity index (χ3n) is 3.67. The minimum Gasteiger partial charge on any atom is -0.497 e. The van der Waals surface area contributed by atoms with Gasteiger partial charge in [-0.25, -0.2) is 0 Å². The molecule has 20 heavy (non-hydrogen) atoms. The molecule has 0 unspecified atom stereocenters. The summed E-state index contributed by atoms with van der Waals surface area (Å²) in [6.07, 6.45) is 2.19. The molecule has 2 rings (SSSR count). The van der Waals surface area contributed by atoms with Gasteiger partial charge in [-0.05, 0) is 44.4 Å². The molecule has 1 aliphatic rings. The van der Waals surface area contributed by atoms with Crippen molar-refractivity contribution in [1.82, 2.24) is 4.90 Å². The van der Waals surface area contributed by atoms with E-state index in [2.05, 4.69) is 0 Å². The molecule has 1 aromatic carbocycles. The van der Waals surface area contributed by atoms with Gasteiger partial charge in [-0.15, -0.1) is 11.6 Å². The van der Waals surface area contributed by atoms with E-state index in [0.717, 1.165) is 24.2 Å². The molecule has 0 aliphatic heterocycles. The highest BCUT2D eigenvalue weighted by atomic mass is 35.5. The molecule has 0 spiro atoms. The van der Waals surface area contributed by atoms with Gasteiger partial charge in [0.25, 0.3) is 0 Å². The SMILES string of the molecule is COc1ccc(CN(C(=O)C(C)(C)CCl)C2CC2)cc1. The average Bonchev–Trinajstić information content (AvgIpc) is 3.29. The van der Waals surface area contributed by atoms with Crippen LogP contribution < -0.4 is 4.74 Å². The van der Waals surface area contributed by atoms with Crippen LogP contribution in [0.2, 0.25) is 0 Å². The molecular formula is C16H22ClNO2. The maximum Gasteiger partial charge on any atom is 0.229 e. The van der Waals surface area contributed by atoms with Crippen LogP contribution in [-0.2, 0) is 11.3 Å². The lowest BCUT2D eigenvalue weighted by atomic mass is 9.94. The summed E-state index contributed by atoms with van der Waals surface area (Å²) in [5.74, 6) is 1.32. The Balaban J connectivity index is 2.11. The van der Waals surface area contributed by atoms with Crippen LogP contribution in [0.5, 0.6) is 5.75 Å².